The minimum atomic E-state index is 0.162. The van der Waals surface area contributed by atoms with Gasteiger partial charge in [0.1, 0.15) is 0 Å². The van der Waals surface area contributed by atoms with E-state index in [2.05, 4.69) is 49.9 Å². The van der Waals surface area contributed by atoms with Crippen LogP contribution in [0.4, 0.5) is 5.69 Å². The second-order valence-electron chi connectivity index (χ2n) is 6.50. The highest BCUT2D eigenvalue weighted by Gasteiger charge is 2.21. The van der Waals surface area contributed by atoms with Gasteiger partial charge in [0.15, 0.2) is 0 Å². The summed E-state index contributed by atoms with van der Waals surface area (Å²) in [4.78, 5) is 2.56. The first-order valence-corrected chi connectivity index (χ1v) is 8.23. The van der Waals surface area contributed by atoms with E-state index >= 15 is 0 Å². The Morgan fingerprint density at radius 3 is 2.65 bits per heavy atom. The van der Waals surface area contributed by atoms with E-state index in [9.17, 15) is 0 Å². The predicted octanol–water partition coefficient (Wildman–Crippen LogP) is 4.36. The van der Waals surface area contributed by atoms with Crippen molar-refractivity contribution in [2.24, 2.45) is 17.6 Å². The van der Waals surface area contributed by atoms with Gasteiger partial charge in [-0.05, 0) is 49.1 Å². The van der Waals surface area contributed by atoms with Gasteiger partial charge in [0.25, 0.3) is 0 Å². The number of hydrogen-bond acceptors (Lipinski definition) is 2. The first-order valence-electron chi connectivity index (χ1n) is 8.23. The van der Waals surface area contributed by atoms with Crippen LogP contribution in [0.5, 0.6) is 0 Å². The number of nitrogens with two attached hydrogens (primary N) is 1. The lowest BCUT2D eigenvalue weighted by Crippen LogP contribution is -2.27. The van der Waals surface area contributed by atoms with E-state index in [1.54, 1.807) is 0 Å². The molecule has 0 amide bonds. The van der Waals surface area contributed by atoms with Gasteiger partial charge < -0.3 is 10.6 Å². The van der Waals surface area contributed by atoms with Crippen LogP contribution in [0.1, 0.15) is 58.1 Å². The molecule has 1 unspecified atom stereocenters. The third kappa shape index (κ3) is 3.54. The summed E-state index contributed by atoms with van der Waals surface area (Å²) >= 11 is 0. The maximum absolute atomic E-state index is 6.29. The smallest absolute Gasteiger partial charge is 0.0414 e. The normalized spacial score (nSPS) is 21.9. The molecule has 0 saturated carbocycles. The average molecular weight is 274 g/mol. The SMILES string of the molecule is CC[C@@H](N)c1ccccc1N1CCCC(C(C)C)CC1. The first-order chi connectivity index (χ1) is 9.63. The molecule has 1 aliphatic rings. The molecule has 0 radical (unpaired) electrons. The number of rotatable bonds is 4. The Kier molecular flexibility index (Phi) is 5.47. The molecule has 2 nitrogen and oxygen atoms in total. The molecule has 2 heteroatoms. The van der Waals surface area contributed by atoms with E-state index in [0.717, 1.165) is 18.3 Å². The third-order valence-electron chi connectivity index (χ3n) is 4.83. The van der Waals surface area contributed by atoms with Gasteiger partial charge in [-0.3, -0.25) is 0 Å². The van der Waals surface area contributed by atoms with E-state index in [1.165, 1.54) is 43.6 Å². The van der Waals surface area contributed by atoms with Gasteiger partial charge in [-0.2, -0.15) is 0 Å². The van der Waals surface area contributed by atoms with Crippen LogP contribution in [0, 0.1) is 11.8 Å². The number of nitrogens with zero attached hydrogens (tertiary/aromatic N) is 1. The van der Waals surface area contributed by atoms with Crippen molar-refractivity contribution >= 4 is 5.69 Å². The molecule has 2 rings (SSSR count). The topological polar surface area (TPSA) is 29.3 Å². The highest BCUT2D eigenvalue weighted by molar-refractivity contribution is 5.55. The largest absolute Gasteiger partial charge is 0.371 e. The molecule has 2 N–H and O–H groups in total. The maximum Gasteiger partial charge on any atom is 0.0414 e. The van der Waals surface area contributed by atoms with E-state index in [0.29, 0.717) is 0 Å². The molecule has 1 aromatic rings. The Morgan fingerprint density at radius 2 is 1.95 bits per heavy atom. The van der Waals surface area contributed by atoms with Gasteiger partial charge in [-0.1, -0.05) is 39.0 Å². The molecule has 1 aromatic carbocycles. The van der Waals surface area contributed by atoms with Crippen LogP contribution in [0.3, 0.4) is 0 Å². The second kappa shape index (κ2) is 7.12. The zero-order valence-corrected chi connectivity index (χ0v) is 13.3. The summed E-state index contributed by atoms with van der Waals surface area (Å²) < 4.78 is 0. The molecular weight excluding hydrogens is 244 g/mol. The van der Waals surface area contributed by atoms with E-state index in [4.69, 9.17) is 5.73 Å². The first kappa shape index (κ1) is 15.4. The van der Waals surface area contributed by atoms with Crippen molar-refractivity contribution in [3.8, 4) is 0 Å². The molecule has 1 aliphatic heterocycles. The lowest BCUT2D eigenvalue weighted by atomic mass is 9.89. The van der Waals surface area contributed by atoms with Crippen molar-refractivity contribution in [2.45, 2.75) is 52.5 Å². The molecule has 1 heterocycles. The zero-order valence-electron chi connectivity index (χ0n) is 13.3. The molecule has 1 saturated heterocycles. The van der Waals surface area contributed by atoms with Crippen LogP contribution >= 0.6 is 0 Å². The highest BCUT2D eigenvalue weighted by Crippen LogP contribution is 2.31. The fourth-order valence-corrected chi connectivity index (χ4v) is 3.34. The Morgan fingerprint density at radius 1 is 1.20 bits per heavy atom. The summed E-state index contributed by atoms with van der Waals surface area (Å²) in [6.07, 6.45) is 4.99. The van der Waals surface area contributed by atoms with Gasteiger partial charge in [0, 0.05) is 24.8 Å². The minimum absolute atomic E-state index is 0.162. The predicted molar refractivity (Wildman–Crippen MR) is 88.1 cm³/mol. The van der Waals surface area contributed by atoms with E-state index in [1.807, 2.05) is 0 Å². The minimum Gasteiger partial charge on any atom is -0.371 e. The van der Waals surface area contributed by atoms with E-state index in [-0.39, 0.29) is 6.04 Å². The summed E-state index contributed by atoms with van der Waals surface area (Å²) in [7, 11) is 0. The number of hydrogen-bond donors (Lipinski definition) is 1. The van der Waals surface area contributed by atoms with Crippen molar-refractivity contribution in [3.63, 3.8) is 0 Å². The van der Waals surface area contributed by atoms with Crippen molar-refractivity contribution in [2.75, 3.05) is 18.0 Å². The monoisotopic (exact) mass is 274 g/mol. The van der Waals surface area contributed by atoms with Crippen molar-refractivity contribution in [1.82, 2.24) is 0 Å². The summed E-state index contributed by atoms with van der Waals surface area (Å²) in [5, 5.41) is 0. The number of benzene rings is 1. The van der Waals surface area contributed by atoms with Gasteiger partial charge in [0.2, 0.25) is 0 Å². The summed E-state index contributed by atoms with van der Waals surface area (Å²) in [6.45, 7) is 9.24. The van der Waals surface area contributed by atoms with Crippen LogP contribution in [-0.4, -0.2) is 13.1 Å². The Bertz CT molecular complexity index is 414. The van der Waals surface area contributed by atoms with Crippen molar-refractivity contribution < 1.29 is 0 Å². The standard InChI is InChI=1S/C18H30N2/c1-4-17(19)16-9-5-6-10-18(16)20-12-7-8-15(11-13-20)14(2)3/h5-6,9-10,14-15,17H,4,7-8,11-13,19H2,1-3H3/t15?,17-/m1/s1. The summed E-state index contributed by atoms with van der Waals surface area (Å²) in [5.41, 5.74) is 8.97. The fourth-order valence-electron chi connectivity index (χ4n) is 3.34. The maximum atomic E-state index is 6.29. The lowest BCUT2D eigenvalue weighted by molar-refractivity contribution is 0.351. The number of para-hydroxylation sites is 1. The van der Waals surface area contributed by atoms with Crippen LogP contribution in [0.15, 0.2) is 24.3 Å². The molecule has 0 spiro atoms. The Hall–Kier alpha value is -1.02. The van der Waals surface area contributed by atoms with Crippen LogP contribution in [0.2, 0.25) is 0 Å². The van der Waals surface area contributed by atoms with Crippen LogP contribution in [0.25, 0.3) is 0 Å². The fraction of sp³-hybridized carbons (Fsp3) is 0.667. The van der Waals surface area contributed by atoms with E-state index < -0.39 is 0 Å². The molecule has 0 bridgehead atoms. The molecule has 0 aliphatic carbocycles. The molecule has 0 aromatic heterocycles. The highest BCUT2D eigenvalue weighted by atomic mass is 15.1. The van der Waals surface area contributed by atoms with Gasteiger partial charge in [-0.25, -0.2) is 0 Å². The van der Waals surface area contributed by atoms with Crippen LogP contribution in [-0.2, 0) is 0 Å². The van der Waals surface area contributed by atoms with Crippen molar-refractivity contribution in [1.29, 1.82) is 0 Å². The molecule has 112 valence electrons. The third-order valence-corrected chi connectivity index (χ3v) is 4.83. The zero-order chi connectivity index (χ0) is 14.5. The number of anilines is 1. The molecule has 2 atom stereocenters. The Balaban J connectivity index is 2.15. The van der Waals surface area contributed by atoms with Crippen molar-refractivity contribution in [3.05, 3.63) is 29.8 Å². The molecular formula is C18H30N2. The Labute approximate surface area is 124 Å². The second-order valence-corrected chi connectivity index (χ2v) is 6.50. The average Bonchev–Trinajstić information content (AvgIpc) is 2.72. The van der Waals surface area contributed by atoms with Gasteiger partial charge >= 0.3 is 0 Å². The molecule has 20 heavy (non-hydrogen) atoms. The quantitative estimate of drug-likeness (QED) is 0.884. The van der Waals surface area contributed by atoms with Gasteiger partial charge in [-0.15, -0.1) is 0 Å². The summed E-state index contributed by atoms with van der Waals surface area (Å²) in [6, 6.07) is 8.87. The summed E-state index contributed by atoms with van der Waals surface area (Å²) in [5.74, 6) is 1.69. The van der Waals surface area contributed by atoms with Gasteiger partial charge in [0.05, 0.1) is 0 Å². The molecule has 1 fully saturated rings. The lowest BCUT2D eigenvalue weighted by Gasteiger charge is -2.27. The van der Waals surface area contributed by atoms with Crippen LogP contribution < -0.4 is 10.6 Å².